The van der Waals surface area contributed by atoms with Gasteiger partial charge in [0.15, 0.2) is 0 Å². The highest BCUT2D eigenvalue weighted by molar-refractivity contribution is 5.63. The van der Waals surface area contributed by atoms with E-state index in [9.17, 15) is 61.3 Å². The lowest BCUT2D eigenvalue weighted by Crippen LogP contribution is -2.26. The van der Waals surface area contributed by atoms with Crippen molar-refractivity contribution in [3.05, 3.63) is 137 Å². The van der Waals surface area contributed by atoms with Gasteiger partial charge in [-0.25, -0.2) is 0 Å². The lowest BCUT2D eigenvalue weighted by atomic mass is 9.66. The van der Waals surface area contributed by atoms with Gasteiger partial charge in [0.25, 0.3) is 0 Å². The molecule has 6 saturated carbocycles. The van der Waals surface area contributed by atoms with Crippen LogP contribution in [0.1, 0.15) is 533 Å². The molecule has 0 bridgehead atoms. The van der Waals surface area contributed by atoms with E-state index in [0.717, 1.165) is 331 Å². The van der Waals surface area contributed by atoms with Gasteiger partial charge >= 0.3 is 0 Å². The fraction of sp³-hybridized carbons (Fsp3) is 0.727. The first-order valence-electron chi connectivity index (χ1n) is 60.1. The highest BCUT2D eigenvalue weighted by Gasteiger charge is 2.45. The SMILES string of the molecule is CCCCCc1cc(O)c([C@@H]2C[C@@H](C)CC[C@H]2C(C)C)c(O)c1CCc1c(CCCCC)cc(O)c([C@@H]2C[C@@H](C)CC[C@H]2C(C)C)c1O.CCCCCc1cc(O)c([C@@H]2C[C@H](C)CC[C@H]2C(C)C)c(O)c1CCc1c(CCCCC)cc(O)c([C@@H]2C[C@@H](C)CC[C@H]2C(C)C)c1O.CCCCCc1cc(O)c([C@@H]2C[C@H](C)CC[C@H]2C(C)C)c(O)c1CCc1c(CCCCC)cc(O)c([C@@H]2C[C@H](C)CC[C@H]2C(C)C)c1O. The van der Waals surface area contributed by atoms with Crippen LogP contribution in [-0.2, 0) is 77.0 Å². The van der Waals surface area contributed by atoms with E-state index < -0.39 is 0 Å². The van der Waals surface area contributed by atoms with Gasteiger partial charge in [-0.05, 0) is 438 Å². The monoisotopic (exact) mass is 1990 g/mol. The quantitative estimate of drug-likeness (QED) is 0.0160. The fourth-order valence-electron chi connectivity index (χ4n) is 29.1. The number of phenols is 12. The fourth-order valence-corrected chi connectivity index (χ4v) is 29.1. The summed E-state index contributed by atoms with van der Waals surface area (Å²) in [5, 5.41) is 143. The molecule has 810 valence electrons. The van der Waals surface area contributed by atoms with Gasteiger partial charge in [-0.2, -0.15) is 0 Å². The van der Waals surface area contributed by atoms with E-state index in [1.54, 1.807) is 0 Å². The Hall–Kier alpha value is -7.08. The van der Waals surface area contributed by atoms with E-state index in [2.05, 4.69) is 166 Å². The number of benzene rings is 6. The molecular weight excluding hydrogens is 1780 g/mol. The third-order valence-corrected chi connectivity index (χ3v) is 37.6. The van der Waals surface area contributed by atoms with Crippen molar-refractivity contribution in [2.45, 2.75) is 510 Å². The third kappa shape index (κ3) is 30.0. The average Bonchev–Trinajstić information content (AvgIpc) is 0.762. The van der Waals surface area contributed by atoms with E-state index in [0.29, 0.717) is 180 Å². The number of rotatable bonds is 45. The molecule has 144 heavy (non-hydrogen) atoms. The molecule has 0 radical (unpaired) electrons. The van der Waals surface area contributed by atoms with Crippen molar-refractivity contribution in [1.29, 1.82) is 0 Å². The van der Waals surface area contributed by atoms with Gasteiger partial charge in [0.1, 0.15) is 69.0 Å². The summed E-state index contributed by atoms with van der Waals surface area (Å²) in [5.74, 6) is 12.9. The predicted octanol–water partition coefficient (Wildman–Crippen LogP) is 36.3. The third-order valence-electron chi connectivity index (χ3n) is 37.6. The van der Waals surface area contributed by atoms with Gasteiger partial charge in [-0.1, -0.05) is 282 Å². The molecule has 12 rings (SSSR count). The van der Waals surface area contributed by atoms with Crippen LogP contribution in [0, 0.1) is 107 Å². The summed E-state index contributed by atoms with van der Waals surface area (Å²) in [6.07, 6.45) is 47.8. The predicted molar refractivity (Wildman–Crippen MR) is 605 cm³/mol. The topological polar surface area (TPSA) is 243 Å². The van der Waals surface area contributed by atoms with Gasteiger partial charge in [0, 0.05) is 33.4 Å². The Kier molecular flexibility index (Phi) is 46.8. The first kappa shape index (κ1) is 119. The molecule has 6 aromatic carbocycles. The molecule has 12 heteroatoms. The molecule has 0 spiro atoms. The molecule has 0 aromatic heterocycles. The molecule has 6 fully saturated rings. The summed E-state index contributed by atoms with van der Waals surface area (Å²) in [6.45, 7) is 54.4. The van der Waals surface area contributed by atoms with Crippen LogP contribution >= 0.6 is 0 Å². The van der Waals surface area contributed by atoms with Crippen LogP contribution in [0.2, 0.25) is 0 Å². The molecular formula is C132H210O12. The van der Waals surface area contributed by atoms with Crippen LogP contribution in [-0.4, -0.2) is 61.3 Å². The molecule has 0 unspecified atom stereocenters. The first-order valence-corrected chi connectivity index (χ1v) is 60.1. The number of aromatic hydroxyl groups is 12. The zero-order valence-electron chi connectivity index (χ0n) is 95.6. The minimum Gasteiger partial charge on any atom is -0.508 e. The van der Waals surface area contributed by atoms with Crippen LogP contribution < -0.4 is 0 Å². The Balaban J connectivity index is 0.000000222. The average molecular weight is 1990 g/mol. The van der Waals surface area contributed by atoms with Gasteiger partial charge in [-0.3, -0.25) is 0 Å². The maximum atomic E-state index is 12.2. The van der Waals surface area contributed by atoms with Crippen molar-refractivity contribution in [2.24, 2.45) is 107 Å². The Morgan fingerprint density at radius 3 is 0.424 bits per heavy atom. The summed E-state index contributed by atoms with van der Waals surface area (Å²) in [7, 11) is 0. The lowest BCUT2D eigenvalue weighted by Gasteiger charge is -2.39. The number of hydrogen-bond donors (Lipinski definition) is 12. The molecule has 0 heterocycles. The van der Waals surface area contributed by atoms with E-state index >= 15 is 0 Å². The molecule has 12 nitrogen and oxygen atoms in total. The van der Waals surface area contributed by atoms with Gasteiger partial charge in [-0.15, -0.1) is 0 Å². The van der Waals surface area contributed by atoms with Crippen LogP contribution in [0.15, 0.2) is 36.4 Å². The Labute approximate surface area is 877 Å². The lowest BCUT2D eigenvalue weighted by molar-refractivity contribution is 0.191. The molecule has 0 aliphatic heterocycles. The second kappa shape index (κ2) is 56.7. The summed E-state index contributed by atoms with van der Waals surface area (Å²) in [6, 6.07) is 11.8. The molecule has 0 amide bonds. The van der Waals surface area contributed by atoms with Crippen LogP contribution in [0.25, 0.3) is 0 Å². The van der Waals surface area contributed by atoms with Crippen molar-refractivity contribution in [1.82, 2.24) is 0 Å². The second-order valence-electron chi connectivity index (χ2n) is 50.6. The van der Waals surface area contributed by atoms with Crippen molar-refractivity contribution in [3.8, 4) is 69.0 Å². The Morgan fingerprint density at radius 2 is 0.312 bits per heavy atom. The smallest absolute Gasteiger partial charge is 0.126 e. The van der Waals surface area contributed by atoms with E-state index in [4.69, 9.17) is 0 Å². The number of unbranched alkanes of at least 4 members (excludes halogenated alkanes) is 12. The maximum Gasteiger partial charge on any atom is 0.126 e. The van der Waals surface area contributed by atoms with Gasteiger partial charge in [0.2, 0.25) is 0 Å². The van der Waals surface area contributed by atoms with E-state index in [1.807, 2.05) is 36.4 Å². The van der Waals surface area contributed by atoms with Gasteiger partial charge < -0.3 is 61.3 Å². The molecule has 18 atom stereocenters. The maximum absolute atomic E-state index is 12.2. The minimum atomic E-state index is 0.136. The van der Waals surface area contributed by atoms with E-state index in [1.165, 1.54) is 38.5 Å². The van der Waals surface area contributed by atoms with Crippen molar-refractivity contribution < 1.29 is 61.3 Å². The van der Waals surface area contributed by atoms with Crippen LogP contribution in [0.3, 0.4) is 0 Å². The minimum absolute atomic E-state index is 0.136. The zero-order chi connectivity index (χ0) is 105. The van der Waals surface area contributed by atoms with Crippen molar-refractivity contribution >= 4 is 0 Å². The number of phenolic OH excluding ortho intramolecular Hbond substituents is 12. The first-order chi connectivity index (χ1) is 68.7. The number of hydrogen-bond acceptors (Lipinski definition) is 12. The summed E-state index contributed by atoms with van der Waals surface area (Å²) < 4.78 is 0. The van der Waals surface area contributed by atoms with Crippen LogP contribution in [0.5, 0.6) is 69.0 Å². The molecule has 6 aliphatic rings. The van der Waals surface area contributed by atoms with E-state index in [-0.39, 0.29) is 70.0 Å². The standard InChI is InChI=1S/3C44H70O4/c3*1-9-11-13-15-31-25-39(45)41(37-23-29(7)17-19-33(37)27(3)4)43(47)35(31)21-22-36-32(16-14-12-10-2)26-40(46)42(44(36)48)38-24-30(8)18-20-34(38)28(5)6/h3*25-30,33-34,37-38,45-48H,9-24H2,1-8H3/t29-,30+,33-,34-,37+,38+;29-,30-,33+,34+,37-,38-;29-,30-,33-,34-,37+,38+/m010/s1. The van der Waals surface area contributed by atoms with Gasteiger partial charge in [0.05, 0.1) is 0 Å². The summed E-state index contributed by atoms with van der Waals surface area (Å²) in [4.78, 5) is 0. The highest BCUT2D eigenvalue weighted by atomic mass is 16.3. The Bertz CT molecular complexity index is 4160. The normalized spacial score (nSPS) is 24.9. The second-order valence-corrected chi connectivity index (χ2v) is 50.6. The van der Waals surface area contributed by atoms with Crippen molar-refractivity contribution in [3.63, 3.8) is 0 Å². The highest BCUT2D eigenvalue weighted by Crippen LogP contribution is 2.60. The summed E-state index contributed by atoms with van der Waals surface area (Å²) in [5.41, 5.74) is 16.4. The molecule has 6 aromatic rings. The van der Waals surface area contributed by atoms with Crippen molar-refractivity contribution in [2.75, 3.05) is 0 Å². The molecule has 6 aliphatic carbocycles. The zero-order valence-corrected chi connectivity index (χ0v) is 95.6. The summed E-state index contributed by atoms with van der Waals surface area (Å²) >= 11 is 0. The molecule has 0 saturated heterocycles. The largest absolute Gasteiger partial charge is 0.508 e. The number of aryl methyl sites for hydroxylation is 6. The molecule has 12 N–H and O–H groups in total. The van der Waals surface area contributed by atoms with Crippen LogP contribution in [0.4, 0.5) is 0 Å². The Morgan fingerprint density at radius 1 is 0.188 bits per heavy atom.